The Hall–Kier alpha value is -2.30. The summed E-state index contributed by atoms with van der Waals surface area (Å²) in [5, 5.41) is 11.0. The predicted molar refractivity (Wildman–Crippen MR) is 73.8 cm³/mol. The molecule has 5 nitrogen and oxygen atoms in total. The molecule has 0 radical (unpaired) electrons. The number of hydrogen-bond acceptors (Lipinski definition) is 5. The normalized spacial score (nSPS) is 10.0. The fraction of sp³-hybridized carbons (Fsp3) is 0.286. The van der Waals surface area contributed by atoms with Crippen molar-refractivity contribution in [1.29, 1.82) is 0 Å². The van der Waals surface area contributed by atoms with Crippen LogP contribution in [0.4, 0.5) is 5.82 Å². The SMILES string of the molecule is COc1ccc(CCNc2cccnn2)cc1OC. The van der Waals surface area contributed by atoms with Crippen LogP contribution in [0.5, 0.6) is 11.5 Å². The van der Waals surface area contributed by atoms with Crippen molar-refractivity contribution in [1.82, 2.24) is 10.2 Å². The minimum absolute atomic E-state index is 0.744. The number of nitrogens with zero attached hydrogens (tertiary/aromatic N) is 2. The highest BCUT2D eigenvalue weighted by Crippen LogP contribution is 2.27. The molecule has 100 valence electrons. The van der Waals surface area contributed by atoms with Gasteiger partial charge in [-0.1, -0.05) is 6.07 Å². The molecule has 0 amide bonds. The lowest BCUT2D eigenvalue weighted by atomic mass is 10.1. The van der Waals surface area contributed by atoms with Gasteiger partial charge in [-0.05, 0) is 36.2 Å². The Balaban J connectivity index is 1.93. The lowest BCUT2D eigenvalue weighted by Crippen LogP contribution is -2.06. The first-order valence-electron chi connectivity index (χ1n) is 6.06. The first-order chi connectivity index (χ1) is 9.33. The molecule has 0 unspecified atom stereocenters. The zero-order valence-corrected chi connectivity index (χ0v) is 11.1. The van der Waals surface area contributed by atoms with E-state index in [0.29, 0.717) is 0 Å². The minimum Gasteiger partial charge on any atom is -0.493 e. The molecule has 19 heavy (non-hydrogen) atoms. The molecule has 0 aliphatic rings. The van der Waals surface area contributed by atoms with Crippen LogP contribution in [-0.2, 0) is 6.42 Å². The van der Waals surface area contributed by atoms with Gasteiger partial charge in [0, 0.05) is 12.7 Å². The second-order valence-electron chi connectivity index (χ2n) is 3.98. The maximum absolute atomic E-state index is 5.27. The highest BCUT2D eigenvalue weighted by atomic mass is 16.5. The number of anilines is 1. The summed E-state index contributed by atoms with van der Waals surface area (Å²) in [6, 6.07) is 9.67. The largest absolute Gasteiger partial charge is 0.493 e. The number of nitrogens with one attached hydrogen (secondary N) is 1. The summed E-state index contributed by atoms with van der Waals surface area (Å²) < 4.78 is 10.5. The Bertz CT molecular complexity index is 517. The molecule has 0 aliphatic heterocycles. The maximum Gasteiger partial charge on any atom is 0.160 e. The van der Waals surface area contributed by atoms with Gasteiger partial charge in [0.15, 0.2) is 11.5 Å². The van der Waals surface area contributed by atoms with Crippen molar-refractivity contribution in [3.8, 4) is 11.5 Å². The molecule has 0 fully saturated rings. The van der Waals surface area contributed by atoms with Crippen LogP contribution in [0.3, 0.4) is 0 Å². The topological polar surface area (TPSA) is 56.3 Å². The highest BCUT2D eigenvalue weighted by Gasteiger charge is 2.04. The zero-order chi connectivity index (χ0) is 13.5. The summed E-state index contributed by atoms with van der Waals surface area (Å²) in [6.45, 7) is 0.786. The summed E-state index contributed by atoms with van der Waals surface area (Å²) in [6.07, 6.45) is 2.52. The van der Waals surface area contributed by atoms with Gasteiger partial charge in [-0.2, -0.15) is 5.10 Å². The van der Waals surface area contributed by atoms with Crippen molar-refractivity contribution in [2.75, 3.05) is 26.1 Å². The Morgan fingerprint density at radius 3 is 2.63 bits per heavy atom. The number of methoxy groups -OCH3 is 2. The van der Waals surface area contributed by atoms with E-state index in [1.165, 1.54) is 5.56 Å². The molecule has 1 N–H and O–H groups in total. The van der Waals surface area contributed by atoms with E-state index in [-0.39, 0.29) is 0 Å². The van der Waals surface area contributed by atoms with Gasteiger partial charge in [-0.25, -0.2) is 0 Å². The molecule has 0 spiro atoms. The van der Waals surface area contributed by atoms with Crippen LogP contribution in [0.2, 0.25) is 0 Å². The first-order valence-corrected chi connectivity index (χ1v) is 6.06. The Kier molecular flexibility index (Phi) is 4.55. The summed E-state index contributed by atoms with van der Waals surface area (Å²) in [7, 11) is 3.27. The minimum atomic E-state index is 0.744. The van der Waals surface area contributed by atoms with Gasteiger partial charge in [-0.15, -0.1) is 5.10 Å². The molecule has 2 aromatic rings. The fourth-order valence-corrected chi connectivity index (χ4v) is 1.77. The van der Waals surface area contributed by atoms with E-state index in [9.17, 15) is 0 Å². The molecular weight excluding hydrogens is 242 g/mol. The number of rotatable bonds is 6. The van der Waals surface area contributed by atoms with Crippen LogP contribution >= 0.6 is 0 Å². The van der Waals surface area contributed by atoms with Gasteiger partial charge in [0.25, 0.3) is 0 Å². The third-order valence-corrected chi connectivity index (χ3v) is 2.74. The van der Waals surface area contributed by atoms with E-state index in [2.05, 4.69) is 15.5 Å². The van der Waals surface area contributed by atoms with Crippen LogP contribution in [0, 0.1) is 0 Å². The summed E-state index contributed by atoms with van der Waals surface area (Å²) in [4.78, 5) is 0. The van der Waals surface area contributed by atoms with E-state index in [1.54, 1.807) is 20.4 Å². The number of ether oxygens (including phenoxy) is 2. The molecule has 0 atom stereocenters. The number of aromatic nitrogens is 2. The van der Waals surface area contributed by atoms with E-state index in [1.807, 2.05) is 30.3 Å². The highest BCUT2D eigenvalue weighted by molar-refractivity contribution is 5.43. The molecule has 0 saturated carbocycles. The summed E-state index contributed by atoms with van der Waals surface area (Å²) >= 11 is 0. The second-order valence-corrected chi connectivity index (χ2v) is 3.98. The van der Waals surface area contributed by atoms with Crippen LogP contribution in [0.1, 0.15) is 5.56 Å². The molecule has 0 saturated heterocycles. The van der Waals surface area contributed by atoms with Gasteiger partial charge < -0.3 is 14.8 Å². The van der Waals surface area contributed by atoms with Crippen LogP contribution in [0.25, 0.3) is 0 Å². The Morgan fingerprint density at radius 2 is 1.95 bits per heavy atom. The molecule has 1 aromatic carbocycles. The van der Waals surface area contributed by atoms with Crippen molar-refractivity contribution in [2.45, 2.75) is 6.42 Å². The van der Waals surface area contributed by atoms with E-state index in [4.69, 9.17) is 9.47 Å². The standard InChI is InChI=1S/C14H17N3O2/c1-18-12-6-5-11(10-13(12)19-2)7-9-15-14-4-3-8-16-17-14/h3-6,8,10H,7,9H2,1-2H3,(H,15,17). The van der Waals surface area contributed by atoms with Gasteiger partial charge in [-0.3, -0.25) is 0 Å². The van der Waals surface area contributed by atoms with Gasteiger partial charge >= 0.3 is 0 Å². The van der Waals surface area contributed by atoms with Crippen molar-refractivity contribution in [3.63, 3.8) is 0 Å². The summed E-state index contributed by atoms with van der Waals surface area (Å²) in [5.41, 5.74) is 1.18. The van der Waals surface area contributed by atoms with Crippen molar-refractivity contribution in [3.05, 3.63) is 42.1 Å². The average Bonchev–Trinajstić information content (AvgIpc) is 2.48. The molecule has 5 heteroatoms. The van der Waals surface area contributed by atoms with Crippen molar-refractivity contribution in [2.24, 2.45) is 0 Å². The van der Waals surface area contributed by atoms with Gasteiger partial charge in [0.2, 0.25) is 0 Å². The molecular formula is C14H17N3O2. The lowest BCUT2D eigenvalue weighted by Gasteiger charge is -2.10. The maximum atomic E-state index is 5.27. The first kappa shape index (κ1) is 13.1. The molecule has 0 aliphatic carbocycles. The van der Waals surface area contributed by atoms with E-state index >= 15 is 0 Å². The number of hydrogen-bond donors (Lipinski definition) is 1. The monoisotopic (exact) mass is 259 g/mol. The molecule has 0 bridgehead atoms. The van der Waals surface area contributed by atoms with E-state index < -0.39 is 0 Å². The van der Waals surface area contributed by atoms with Gasteiger partial charge in [0.05, 0.1) is 14.2 Å². The third kappa shape index (κ3) is 3.58. The fourth-order valence-electron chi connectivity index (χ4n) is 1.77. The van der Waals surface area contributed by atoms with Crippen molar-refractivity contribution < 1.29 is 9.47 Å². The quantitative estimate of drug-likeness (QED) is 0.861. The van der Waals surface area contributed by atoms with E-state index in [0.717, 1.165) is 30.3 Å². The zero-order valence-electron chi connectivity index (χ0n) is 11.1. The Morgan fingerprint density at radius 1 is 1.11 bits per heavy atom. The van der Waals surface area contributed by atoms with Gasteiger partial charge in [0.1, 0.15) is 5.82 Å². The van der Waals surface area contributed by atoms with Crippen molar-refractivity contribution >= 4 is 5.82 Å². The second kappa shape index (κ2) is 6.58. The van der Waals surface area contributed by atoms with Crippen LogP contribution in [0.15, 0.2) is 36.5 Å². The van der Waals surface area contributed by atoms with Crippen LogP contribution < -0.4 is 14.8 Å². The summed E-state index contributed by atoms with van der Waals surface area (Å²) in [5.74, 6) is 2.27. The van der Waals surface area contributed by atoms with Crippen LogP contribution in [-0.4, -0.2) is 31.0 Å². The predicted octanol–water partition coefficient (Wildman–Crippen LogP) is 2.15. The molecule has 2 rings (SSSR count). The third-order valence-electron chi connectivity index (χ3n) is 2.74. The number of benzene rings is 1. The smallest absolute Gasteiger partial charge is 0.160 e. The molecule has 1 aromatic heterocycles. The Labute approximate surface area is 112 Å². The lowest BCUT2D eigenvalue weighted by molar-refractivity contribution is 0.354. The molecule has 1 heterocycles. The average molecular weight is 259 g/mol.